The molecule has 1 unspecified atom stereocenters. The lowest BCUT2D eigenvalue weighted by Crippen LogP contribution is -2.25. The van der Waals surface area contributed by atoms with Gasteiger partial charge in [-0.05, 0) is 19.3 Å². The first-order valence-corrected chi connectivity index (χ1v) is 3.70. The Morgan fingerprint density at radius 2 is 2.00 bits per heavy atom. The van der Waals surface area contributed by atoms with E-state index in [1.54, 1.807) is 0 Å². The van der Waals surface area contributed by atoms with Gasteiger partial charge in [0, 0.05) is 0 Å². The molecule has 0 amide bonds. The van der Waals surface area contributed by atoms with E-state index in [4.69, 9.17) is 0 Å². The van der Waals surface area contributed by atoms with E-state index in [1.807, 2.05) is 6.92 Å². The van der Waals surface area contributed by atoms with E-state index in [9.17, 15) is 5.11 Å². The number of hydrogen-bond donors (Lipinski definition) is 1. The Balaban J connectivity index is 3.62. The van der Waals surface area contributed by atoms with Gasteiger partial charge in [-0.3, -0.25) is 0 Å². The summed E-state index contributed by atoms with van der Waals surface area (Å²) in [4.78, 5) is 0. The maximum absolute atomic E-state index is 9.57. The van der Waals surface area contributed by atoms with Crippen LogP contribution in [0.3, 0.4) is 0 Å². The molecule has 0 aromatic heterocycles. The fraction of sp³-hybridized carbons (Fsp3) is 0.875. The van der Waals surface area contributed by atoms with Crippen molar-refractivity contribution in [2.75, 3.05) is 0 Å². The Morgan fingerprint density at radius 3 is 2.11 bits per heavy atom. The Hall–Kier alpha value is -0.0400. The van der Waals surface area contributed by atoms with Crippen molar-refractivity contribution in [2.24, 2.45) is 0 Å². The molecule has 0 saturated carbocycles. The largest absolute Gasteiger partial charge is 0.390 e. The molecule has 1 heteroatoms. The van der Waals surface area contributed by atoms with Crippen LogP contribution in [0.1, 0.15) is 39.5 Å². The first-order chi connectivity index (χ1) is 4.18. The van der Waals surface area contributed by atoms with Gasteiger partial charge in [0.15, 0.2) is 0 Å². The average Bonchev–Trinajstić information content (AvgIpc) is 1.89. The lowest BCUT2D eigenvalue weighted by Gasteiger charge is -2.23. The molecule has 1 atom stereocenters. The fourth-order valence-electron chi connectivity index (χ4n) is 0.944. The highest BCUT2D eigenvalue weighted by atomic mass is 16.3. The maximum atomic E-state index is 9.57. The summed E-state index contributed by atoms with van der Waals surface area (Å²) in [5.41, 5.74) is -0.477. The van der Waals surface area contributed by atoms with Crippen LogP contribution < -0.4 is 0 Å². The van der Waals surface area contributed by atoms with Crippen LogP contribution in [-0.2, 0) is 0 Å². The Labute approximate surface area is 58.1 Å². The van der Waals surface area contributed by atoms with E-state index in [0.717, 1.165) is 19.3 Å². The molecule has 0 aliphatic carbocycles. The predicted octanol–water partition coefficient (Wildman–Crippen LogP) is 2.15. The smallest absolute Gasteiger partial charge is 0.0645 e. The van der Waals surface area contributed by atoms with Crippen molar-refractivity contribution >= 4 is 0 Å². The lowest BCUT2D eigenvalue weighted by atomic mass is 9.92. The normalized spacial score (nSPS) is 12.0. The standard InChI is InChI=1S/C8H17O/c1-4-7-8(9,5-2)6-3/h9H,2,4-7H2,1,3H3. The van der Waals surface area contributed by atoms with Crippen molar-refractivity contribution in [3.05, 3.63) is 6.92 Å². The summed E-state index contributed by atoms with van der Waals surface area (Å²) < 4.78 is 0. The molecule has 1 N–H and O–H groups in total. The van der Waals surface area contributed by atoms with Crippen LogP contribution in [0.4, 0.5) is 0 Å². The zero-order valence-corrected chi connectivity index (χ0v) is 6.48. The number of rotatable bonds is 4. The van der Waals surface area contributed by atoms with Crippen molar-refractivity contribution in [1.29, 1.82) is 0 Å². The maximum Gasteiger partial charge on any atom is 0.0645 e. The van der Waals surface area contributed by atoms with Crippen molar-refractivity contribution in [2.45, 2.75) is 45.1 Å². The van der Waals surface area contributed by atoms with Crippen molar-refractivity contribution < 1.29 is 5.11 Å². The second-order valence-electron chi connectivity index (χ2n) is 2.58. The third-order valence-corrected chi connectivity index (χ3v) is 1.84. The second-order valence-corrected chi connectivity index (χ2v) is 2.58. The minimum atomic E-state index is -0.477. The molecule has 0 rings (SSSR count). The quantitative estimate of drug-likeness (QED) is 0.616. The molecule has 55 valence electrons. The highest BCUT2D eigenvalue weighted by Gasteiger charge is 2.19. The van der Waals surface area contributed by atoms with Crippen molar-refractivity contribution in [3.63, 3.8) is 0 Å². The average molecular weight is 129 g/mol. The van der Waals surface area contributed by atoms with E-state index in [1.165, 1.54) is 0 Å². The molecule has 9 heavy (non-hydrogen) atoms. The van der Waals surface area contributed by atoms with Crippen molar-refractivity contribution in [1.82, 2.24) is 0 Å². The van der Waals surface area contributed by atoms with Crippen molar-refractivity contribution in [3.8, 4) is 0 Å². The van der Waals surface area contributed by atoms with E-state index in [-0.39, 0.29) is 0 Å². The van der Waals surface area contributed by atoms with E-state index < -0.39 is 5.60 Å². The molecule has 0 heterocycles. The van der Waals surface area contributed by atoms with Crippen LogP contribution in [-0.4, -0.2) is 10.7 Å². The molecule has 0 saturated heterocycles. The highest BCUT2D eigenvalue weighted by molar-refractivity contribution is 4.76. The molecule has 1 radical (unpaired) electrons. The topological polar surface area (TPSA) is 20.2 Å². The molecular weight excluding hydrogens is 112 g/mol. The minimum absolute atomic E-state index is 0.477. The predicted molar refractivity (Wildman–Crippen MR) is 40.1 cm³/mol. The molecule has 0 aliphatic heterocycles. The lowest BCUT2D eigenvalue weighted by molar-refractivity contribution is 0.0290. The molecular formula is C8H17O. The van der Waals surface area contributed by atoms with Gasteiger partial charge in [-0.1, -0.05) is 27.2 Å². The molecule has 1 nitrogen and oxygen atoms in total. The second kappa shape index (κ2) is 3.89. The fourth-order valence-corrected chi connectivity index (χ4v) is 0.944. The summed E-state index contributed by atoms with van der Waals surface area (Å²) >= 11 is 0. The molecule has 0 aromatic rings. The zero-order chi connectivity index (χ0) is 7.33. The highest BCUT2D eigenvalue weighted by Crippen LogP contribution is 2.19. The van der Waals surface area contributed by atoms with Crippen LogP contribution in [0.2, 0.25) is 0 Å². The Kier molecular flexibility index (Phi) is 3.87. The summed E-state index contributed by atoms with van der Waals surface area (Å²) in [6, 6.07) is 0. The minimum Gasteiger partial charge on any atom is -0.390 e. The van der Waals surface area contributed by atoms with Crippen LogP contribution in [0.5, 0.6) is 0 Å². The van der Waals surface area contributed by atoms with E-state index in [2.05, 4.69) is 13.8 Å². The van der Waals surface area contributed by atoms with Gasteiger partial charge in [0.1, 0.15) is 0 Å². The van der Waals surface area contributed by atoms with E-state index in [0.29, 0.717) is 6.42 Å². The summed E-state index contributed by atoms with van der Waals surface area (Å²) in [6.07, 6.45) is 3.38. The summed E-state index contributed by atoms with van der Waals surface area (Å²) in [5.74, 6) is 0. The Bertz CT molecular complexity index is 65.0. The van der Waals surface area contributed by atoms with Gasteiger partial charge in [-0.25, -0.2) is 0 Å². The molecule has 0 bridgehead atoms. The third-order valence-electron chi connectivity index (χ3n) is 1.84. The zero-order valence-electron chi connectivity index (χ0n) is 6.48. The molecule has 0 aromatic carbocycles. The first kappa shape index (κ1) is 8.96. The van der Waals surface area contributed by atoms with Crippen LogP contribution in [0.25, 0.3) is 0 Å². The van der Waals surface area contributed by atoms with Crippen LogP contribution >= 0.6 is 0 Å². The monoisotopic (exact) mass is 129 g/mol. The SMILES string of the molecule is [CH2]CC(O)(CC)CCC. The van der Waals surface area contributed by atoms with Crippen LogP contribution in [0, 0.1) is 6.92 Å². The van der Waals surface area contributed by atoms with Crippen LogP contribution in [0.15, 0.2) is 0 Å². The van der Waals surface area contributed by atoms with Gasteiger partial charge in [-0.15, -0.1) is 0 Å². The third kappa shape index (κ3) is 2.85. The van der Waals surface area contributed by atoms with Gasteiger partial charge in [0.2, 0.25) is 0 Å². The number of aliphatic hydroxyl groups is 1. The first-order valence-electron chi connectivity index (χ1n) is 3.70. The Morgan fingerprint density at radius 1 is 1.44 bits per heavy atom. The summed E-state index contributed by atoms with van der Waals surface area (Å²) in [7, 11) is 0. The van der Waals surface area contributed by atoms with Gasteiger partial charge in [0.05, 0.1) is 5.60 Å². The molecule has 0 spiro atoms. The van der Waals surface area contributed by atoms with Gasteiger partial charge < -0.3 is 5.11 Å². The molecule has 0 aliphatic rings. The number of hydrogen-bond acceptors (Lipinski definition) is 1. The van der Waals surface area contributed by atoms with Gasteiger partial charge in [0.25, 0.3) is 0 Å². The summed E-state index contributed by atoms with van der Waals surface area (Å²) in [6.45, 7) is 7.78. The summed E-state index contributed by atoms with van der Waals surface area (Å²) in [5, 5.41) is 9.57. The van der Waals surface area contributed by atoms with Gasteiger partial charge >= 0.3 is 0 Å². The molecule has 0 fully saturated rings. The van der Waals surface area contributed by atoms with E-state index >= 15 is 0 Å². The van der Waals surface area contributed by atoms with Gasteiger partial charge in [-0.2, -0.15) is 0 Å².